The Hall–Kier alpha value is -1.72. The molecule has 0 aliphatic carbocycles. The number of rotatable bonds is 5. The van der Waals surface area contributed by atoms with E-state index < -0.39 is 8.32 Å². The van der Waals surface area contributed by atoms with Crippen LogP contribution in [0.3, 0.4) is 0 Å². The topological polar surface area (TPSA) is 47.0 Å². The Morgan fingerprint density at radius 3 is 2.18 bits per heavy atom. The molecular weight excluding hydrogens is 290 g/mol. The van der Waals surface area contributed by atoms with Gasteiger partial charge < -0.3 is 9.74 Å². The summed E-state index contributed by atoms with van der Waals surface area (Å²) in [4.78, 5) is 8.70. The lowest BCUT2D eigenvalue weighted by Gasteiger charge is -2.36. The van der Waals surface area contributed by atoms with Crippen LogP contribution >= 0.6 is 0 Å². The average Bonchev–Trinajstić information content (AvgIpc) is 2.46. The molecule has 0 unspecified atom stereocenters. The van der Waals surface area contributed by atoms with Crippen molar-refractivity contribution in [2.75, 3.05) is 5.32 Å². The van der Waals surface area contributed by atoms with Crippen molar-refractivity contribution in [2.24, 2.45) is 0 Å². The quantitative estimate of drug-likeness (QED) is 0.809. The van der Waals surface area contributed by atoms with E-state index in [4.69, 9.17) is 4.43 Å². The van der Waals surface area contributed by atoms with Crippen LogP contribution in [0.4, 0.5) is 11.6 Å². The molecule has 1 heterocycles. The van der Waals surface area contributed by atoms with Crippen molar-refractivity contribution < 1.29 is 4.43 Å². The summed E-state index contributed by atoms with van der Waals surface area (Å²) in [5, 5.41) is 3.38. The summed E-state index contributed by atoms with van der Waals surface area (Å²) in [6.07, 6.45) is 3.65. The van der Waals surface area contributed by atoms with Gasteiger partial charge in [-0.1, -0.05) is 39.0 Å². The molecule has 1 aromatic carbocycles. The van der Waals surface area contributed by atoms with Gasteiger partial charge in [0.1, 0.15) is 0 Å². The summed E-state index contributed by atoms with van der Waals surface area (Å²) in [5.74, 6) is 0.599. The summed E-state index contributed by atoms with van der Waals surface area (Å²) in [5.41, 5.74) is 1.98. The molecule has 0 radical (unpaired) electrons. The zero-order valence-electron chi connectivity index (χ0n) is 14.1. The third-order valence-electron chi connectivity index (χ3n) is 4.14. The molecule has 0 saturated heterocycles. The van der Waals surface area contributed by atoms with E-state index in [1.165, 1.54) is 0 Å². The van der Waals surface area contributed by atoms with Crippen molar-refractivity contribution in [3.8, 4) is 0 Å². The van der Waals surface area contributed by atoms with Gasteiger partial charge in [-0.25, -0.2) is 9.97 Å². The molecule has 0 aliphatic rings. The Bertz CT molecular complexity index is 592. The Labute approximate surface area is 134 Å². The first-order chi connectivity index (χ1) is 10.3. The fourth-order valence-electron chi connectivity index (χ4n) is 1.62. The number of para-hydroxylation sites is 1. The highest BCUT2D eigenvalue weighted by atomic mass is 28.4. The number of nitrogens with one attached hydrogen (secondary N) is 1. The van der Waals surface area contributed by atoms with Crippen LogP contribution in [-0.2, 0) is 11.0 Å². The second-order valence-electron chi connectivity index (χ2n) is 6.95. The number of hydrogen-bond donors (Lipinski definition) is 1. The van der Waals surface area contributed by atoms with Gasteiger partial charge >= 0.3 is 0 Å². The van der Waals surface area contributed by atoms with Gasteiger partial charge in [0.05, 0.1) is 6.61 Å². The average molecular weight is 315 g/mol. The standard InChI is InChI=1S/C17H25N3OSi/c1-17(2,3)22(4,5)21-13-14-11-18-16(19-12-14)20-15-9-7-6-8-10-15/h6-12H,13H2,1-5H3,(H,18,19,20). The van der Waals surface area contributed by atoms with Gasteiger partial charge in [-0.05, 0) is 30.3 Å². The van der Waals surface area contributed by atoms with E-state index in [-0.39, 0.29) is 5.04 Å². The fraction of sp³-hybridized carbons (Fsp3) is 0.412. The number of hydrogen-bond acceptors (Lipinski definition) is 4. The minimum absolute atomic E-state index is 0.211. The largest absolute Gasteiger partial charge is 0.412 e. The SMILES string of the molecule is CC(C)(C)[Si](C)(C)OCc1cnc(Nc2ccccc2)nc1. The normalized spacial score (nSPS) is 12.2. The summed E-state index contributed by atoms with van der Waals surface area (Å²) in [6, 6.07) is 9.90. The monoisotopic (exact) mass is 315 g/mol. The van der Waals surface area contributed by atoms with Gasteiger partial charge in [-0.3, -0.25) is 0 Å². The van der Waals surface area contributed by atoms with E-state index in [9.17, 15) is 0 Å². The third-order valence-corrected chi connectivity index (χ3v) is 8.62. The highest BCUT2D eigenvalue weighted by Gasteiger charge is 2.37. The summed E-state index contributed by atoms with van der Waals surface area (Å²) in [6.45, 7) is 11.8. The number of benzene rings is 1. The van der Waals surface area contributed by atoms with Crippen LogP contribution in [0, 0.1) is 0 Å². The van der Waals surface area contributed by atoms with Crippen molar-refractivity contribution in [2.45, 2.75) is 45.5 Å². The number of anilines is 2. The zero-order chi connectivity index (χ0) is 16.2. The Morgan fingerprint density at radius 2 is 1.64 bits per heavy atom. The minimum atomic E-state index is -1.73. The molecule has 0 saturated carbocycles. The molecule has 1 N–H and O–H groups in total. The molecule has 4 nitrogen and oxygen atoms in total. The molecule has 1 aromatic heterocycles. The van der Waals surface area contributed by atoms with Gasteiger partial charge in [0, 0.05) is 23.6 Å². The van der Waals surface area contributed by atoms with E-state index >= 15 is 0 Å². The summed E-state index contributed by atoms with van der Waals surface area (Å²) in [7, 11) is -1.73. The van der Waals surface area contributed by atoms with E-state index in [1.54, 1.807) is 0 Å². The molecule has 0 spiro atoms. The first-order valence-electron chi connectivity index (χ1n) is 7.55. The van der Waals surface area contributed by atoms with Gasteiger partial charge in [0.15, 0.2) is 8.32 Å². The zero-order valence-corrected chi connectivity index (χ0v) is 15.1. The Kier molecular flexibility index (Phi) is 4.98. The van der Waals surface area contributed by atoms with Gasteiger partial charge in [-0.2, -0.15) is 0 Å². The molecule has 2 rings (SSSR count). The number of aromatic nitrogens is 2. The van der Waals surface area contributed by atoms with Crippen LogP contribution < -0.4 is 5.32 Å². The van der Waals surface area contributed by atoms with Crippen LogP contribution in [0.25, 0.3) is 0 Å². The molecule has 2 aromatic rings. The molecule has 0 amide bonds. The van der Waals surface area contributed by atoms with Crippen molar-refractivity contribution in [3.05, 3.63) is 48.3 Å². The molecule has 118 valence electrons. The Morgan fingerprint density at radius 1 is 1.05 bits per heavy atom. The third kappa shape index (κ3) is 4.38. The van der Waals surface area contributed by atoms with Crippen LogP contribution in [0.15, 0.2) is 42.7 Å². The minimum Gasteiger partial charge on any atom is -0.412 e. The van der Waals surface area contributed by atoms with Gasteiger partial charge in [0.2, 0.25) is 5.95 Å². The molecule has 5 heteroatoms. The predicted molar refractivity (Wildman–Crippen MR) is 93.7 cm³/mol. The molecule has 22 heavy (non-hydrogen) atoms. The highest BCUT2D eigenvalue weighted by molar-refractivity contribution is 6.74. The summed E-state index contributed by atoms with van der Waals surface area (Å²) < 4.78 is 6.18. The number of nitrogens with zero attached hydrogens (tertiary/aromatic N) is 2. The van der Waals surface area contributed by atoms with Crippen molar-refractivity contribution in [1.29, 1.82) is 0 Å². The van der Waals surface area contributed by atoms with Crippen LogP contribution in [0.1, 0.15) is 26.3 Å². The van der Waals surface area contributed by atoms with E-state index in [0.29, 0.717) is 12.6 Å². The van der Waals surface area contributed by atoms with Crippen LogP contribution in [-0.4, -0.2) is 18.3 Å². The van der Waals surface area contributed by atoms with Gasteiger partial charge in [0.25, 0.3) is 0 Å². The molecule has 0 atom stereocenters. The van der Waals surface area contributed by atoms with E-state index in [1.807, 2.05) is 42.7 Å². The molecular formula is C17H25N3OSi. The maximum Gasteiger partial charge on any atom is 0.227 e. The van der Waals surface area contributed by atoms with Crippen LogP contribution in [0.2, 0.25) is 18.1 Å². The smallest absolute Gasteiger partial charge is 0.227 e. The lowest BCUT2D eigenvalue weighted by molar-refractivity contribution is 0.275. The molecule has 0 fully saturated rings. The summed E-state index contributed by atoms with van der Waals surface area (Å²) >= 11 is 0. The van der Waals surface area contributed by atoms with Gasteiger partial charge in [-0.15, -0.1) is 0 Å². The van der Waals surface area contributed by atoms with Crippen molar-refractivity contribution in [1.82, 2.24) is 9.97 Å². The predicted octanol–water partition coefficient (Wildman–Crippen LogP) is 4.74. The van der Waals surface area contributed by atoms with Crippen molar-refractivity contribution in [3.63, 3.8) is 0 Å². The highest BCUT2D eigenvalue weighted by Crippen LogP contribution is 2.36. The molecule has 0 bridgehead atoms. The first-order valence-corrected chi connectivity index (χ1v) is 10.5. The maximum absolute atomic E-state index is 6.18. The second kappa shape index (κ2) is 6.58. The maximum atomic E-state index is 6.18. The molecule has 0 aliphatic heterocycles. The second-order valence-corrected chi connectivity index (χ2v) is 11.8. The van der Waals surface area contributed by atoms with Crippen LogP contribution in [0.5, 0.6) is 0 Å². The fourth-order valence-corrected chi connectivity index (χ4v) is 2.59. The first kappa shape index (κ1) is 16.6. The lowest BCUT2D eigenvalue weighted by Crippen LogP contribution is -2.40. The van der Waals surface area contributed by atoms with E-state index in [2.05, 4.69) is 49.1 Å². The van der Waals surface area contributed by atoms with E-state index in [0.717, 1.165) is 11.3 Å². The Balaban J connectivity index is 1.95. The lowest BCUT2D eigenvalue weighted by atomic mass is 10.2. The van der Waals surface area contributed by atoms with Crippen molar-refractivity contribution >= 4 is 20.0 Å².